The van der Waals surface area contributed by atoms with E-state index in [2.05, 4.69) is 34.5 Å². The van der Waals surface area contributed by atoms with Gasteiger partial charge in [0.15, 0.2) is 0 Å². The van der Waals surface area contributed by atoms with E-state index >= 15 is 0 Å². The number of phenolic OH excluding ortho intramolecular Hbond substituents is 1. The first-order chi connectivity index (χ1) is 16.9. The van der Waals surface area contributed by atoms with E-state index in [9.17, 15) is 9.90 Å². The van der Waals surface area contributed by atoms with Crippen molar-refractivity contribution in [1.29, 1.82) is 0 Å². The molecule has 0 saturated carbocycles. The van der Waals surface area contributed by atoms with Crippen molar-refractivity contribution in [2.24, 2.45) is 0 Å². The number of benzene rings is 3. The Bertz CT molecular complexity index is 1410. The molecule has 2 heterocycles. The number of nitrogens with one attached hydrogen (secondary N) is 1. The van der Waals surface area contributed by atoms with Crippen LogP contribution < -0.4 is 4.74 Å². The number of rotatable bonds is 6. The first kappa shape index (κ1) is 22.7. The molecule has 0 fully saturated rings. The minimum atomic E-state index is -0.381. The second-order valence-electron chi connectivity index (χ2n) is 9.17. The quantitative estimate of drug-likeness (QED) is 0.373. The van der Waals surface area contributed by atoms with Gasteiger partial charge in [0.05, 0.1) is 12.6 Å². The highest BCUT2D eigenvalue weighted by molar-refractivity contribution is 6.00. The van der Waals surface area contributed by atoms with Gasteiger partial charge in [-0.1, -0.05) is 48.0 Å². The maximum absolute atomic E-state index is 13.7. The molecular weight excluding hydrogens is 438 g/mol. The van der Waals surface area contributed by atoms with Crippen LogP contribution >= 0.6 is 0 Å². The highest BCUT2D eigenvalue weighted by Gasteiger charge is 2.42. The van der Waals surface area contributed by atoms with Crippen molar-refractivity contribution < 1.29 is 14.6 Å². The summed E-state index contributed by atoms with van der Waals surface area (Å²) >= 11 is 0. The van der Waals surface area contributed by atoms with Crippen molar-refractivity contribution in [3.05, 3.63) is 99.7 Å². The minimum absolute atomic E-state index is 0.116. The zero-order chi connectivity index (χ0) is 24.7. The minimum Gasteiger partial charge on any atom is -0.507 e. The van der Waals surface area contributed by atoms with Crippen LogP contribution in [0, 0.1) is 20.8 Å². The summed E-state index contributed by atoms with van der Waals surface area (Å²) in [5.74, 6) is 0.812. The molecule has 1 amide bonds. The number of aryl methyl sites for hydroxylation is 3. The summed E-state index contributed by atoms with van der Waals surface area (Å²) in [6.45, 7) is 8.86. The van der Waals surface area contributed by atoms with E-state index in [1.54, 1.807) is 0 Å². The Balaban J connectivity index is 1.68. The molecule has 6 heteroatoms. The van der Waals surface area contributed by atoms with Crippen LogP contribution in [0.5, 0.6) is 11.5 Å². The lowest BCUT2D eigenvalue weighted by Crippen LogP contribution is -2.29. The number of aromatic amines is 1. The van der Waals surface area contributed by atoms with Crippen molar-refractivity contribution >= 4 is 5.91 Å². The maximum atomic E-state index is 13.7. The molecule has 1 unspecified atom stereocenters. The van der Waals surface area contributed by atoms with E-state index in [1.165, 1.54) is 5.56 Å². The van der Waals surface area contributed by atoms with E-state index in [1.807, 2.05) is 69.0 Å². The van der Waals surface area contributed by atoms with Crippen molar-refractivity contribution in [1.82, 2.24) is 15.1 Å². The number of fused-ring (bicyclic) bond motifs is 1. The van der Waals surface area contributed by atoms with Crippen LogP contribution in [0.2, 0.25) is 0 Å². The van der Waals surface area contributed by atoms with Crippen molar-refractivity contribution in [2.45, 2.75) is 40.3 Å². The summed E-state index contributed by atoms with van der Waals surface area (Å²) < 4.78 is 5.77. The number of carbonyl (C=O) groups is 1. The lowest BCUT2D eigenvalue weighted by Gasteiger charge is -2.27. The number of aromatic hydroxyl groups is 1. The molecule has 0 radical (unpaired) electrons. The molecular formula is C29H29N3O3. The lowest BCUT2D eigenvalue weighted by atomic mass is 9.94. The highest BCUT2D eigenvalue weighted by Crippen LogP contribution is 2.46. The largest absolute Gasteiger partial charge is 0.507 e. The van der Waals surface area contributed by atoms with Crippen LogP contribution in [0.15, 0.2) is 60.7 Å². The average Bonchev–Trinajstić information content (AvgIpc) is 3.37. The number of phenols is 1. The van der Waals surface area contributed by atoms with Crippen LogP contribution in [0.1, 0.15) is 56.8 Å². The third kappa shape index (κ3) is 4.05. The van der Waals surface area contributed by atoms with Crippen molar-refractivity contribution in [3.8, 4) is 22.8 Å². The number of ether oxygens (including phenoxy) is 1. The second kappa shape index (κ2) is 8.95. The number of nitrogens with zero attached hydrogens (tertiary/aromatic N) is 2. The van der Waals surface area contributed by atoms with Gasteiger partial charge >= 0.3 is 0 Å². The summed E-state index contributed by atoms with van der Waals surface area (Å²) in [6.07, 6.45) is 0. The molecule has 2 N–H and O–H groups in total. The van der Waals surface area contributed by atoms with Gasteiger partial charge in [-0.3, -0.25) is 9.89 Å². The van der Waals surface area contributed by atoms with Gasteiger partial charge in [0, 0.05) is 17.7 Å². The molecule has 1 aliphatic heterocycles. The molecule has 1 aromatic heterocycles. The van der Waals surface area contributed by atoms with E-state index in [0.717, 1.165) is 33.6 Å². The Labute approximate surface area is 205 Å². The summed E-state index contributed by atoms with van der Waals surface area (Å²) in [7, 11) is 0. The topological polar surface area (TPSA) is 78.5 Å². The normalized spacial score (nSPS) is 14.9. The molecule has 1 aliphatic rings. The first-order valence-electron chi connectivity index (χ1n) is 11.9. The zero-order valence-electron chi connectivity index (χ0n) is 20.4. The third-order valence-electron chi connectivity index (χ3n) is 6.52. The van der Waals surface area contributed by atoms with E-state index < -0.39 is 0 Å². The van der Waals surface area contributed by atoms with Gasteiger partial charge < -0.3 is 14.7 Å². The molecule has 6 nitrogen and oxygen atoms in total. The van der Waals surface area contributed by atoms with Gasteiger partial charge in [0.2, 0.25) is 0 Å². The third-order valence-corrected chi connectivity index (χ3v) is 6.52. The molecule has 0 spiro atoms. The standard InChI is InChI=1S/C29H29N3O3/c1-5-35-22-8-6-7-21(15-22)27-24-25(23-14-18(3)13-19(4)28(23)33)30-31-26(24)29(34)32(27)16-20-11-9-17(2)10-12-20/h6-15,27,33H,5,16H2,1-4H3,(H,30,31). The van der Waals surface area contributed by atoms with Gasteiger partial charge in [0.1, 0.15) is 22.9 Å². The molecule has 3 aromatic carbocycles. The Morgan fingerprint density at radius 2 is 1.80 bits per heavy atom. The zero-order valence-corrected chi connectivity index (χ0v) is 20.4. The molecule has 35 heavy (non-hydrogen) atoms. The van der Waals surface area contributed by atoms with Gasteiger partial charge in [-0.25, -0.2) is 0 Å². The van der Waals surface area contributed by atoms with Gasteiger partial charge in [-0.15, -0.1) is 0 Å². The van der Waals surface area contributed by atoms with E-state index in [4.69, 9.17) is 4.74 Å². The smallest absolute Gasteiger partial charge is 0.273 e. The fourth-order valence-electron chi connectivity index (χ4n) is 4.88. The number of hydrogen-bond donors (Lipinski definition) is 2. The molecule has 0 aliphatic carbocycles. The van der Waals surface area contributed by atoms with Gasteiger partial charge in [-0.05, 0) is 68.1 Å². The fraction of sp³-hybridized carbons (Fsp3) is 0.241. The predicted octanol–water partition coefficient (Wildman–Crippen LogP) is 5.85. The SMILES string of the molecule is CCOc1cccc(C2c3c(-c4cc(C)cc(C)c4O)n[nH]c3C(=O)N2Cc2ccc(C)cc2)c1. The maximum Gasteiger partial charge on any atom is 0.273 e. The molecule has 178 valence electrons. The van der Waals surface area contributed by atoms with Crippen molar-refractivity contribution in [3.63, 3.8) is 0 Å². The van der Waals surface area contributed by atoms with Crippen molar-refractivity contribution in [2.75, 3.05) is 6.61 Å². The lowest BCUT2D eigenvalue weighted by molar-refractivity contribution is 0.0730. The average molecular weight is 468 g/mol. The monoisotopic (exact) mass is 467 g/mol. The Hall–Kier alpha value is -4.06. The Morgan fingerprint density at radius 1 is 1.03 bits per heavy atom. The Morgan fingerprint density at radius 3 is 2.54 bits per heavy atom. The number of aromatic nitrogens is 2. The molecule has 4 aromatic rings. The molecule has 1 atom stereocenters. The van der Waals surface area contributed by atoms with Crippen LogP contribution in [0.4, 0.5) is 0 Å². The fourth-order valence-corrected chi connectivity index (χ4v) is 4.88. The number of H-pyrrole nitrogens is 1. The van der Waals surface area contributed by atoms with Crippen LogP contribution in [-0.4, -0.2) is 32.7 Å². The number of amides is 1. The number of hydrogen-bond acceptors (Lipinski definition) is 4. The second-order valence-corrected chi connectivity index (χ2v) is 9.17. The predicted molar refractivity (Wildman–Crippen MR) is 136 cm³/mol. The van der Waals surface area contributed by atoms with Gasteiger partial charge in [-0.2, -0.15) is 5.10 Å². The van der Waals surface area contributed by atoms with Crippen LogP contribution in [-0.2, 0) is 6.54 Å². The first-order valence-corrected chi connectivity index (χ1v) is 11.9. The van der Waals surface area contributed by atoms with Crippen LogP contribution in [0.25, 0.3) is 11.3 Å². The number of carbonyl (C=O) groups excluding carboxylic acids is 1. The summed E-state index contributed by atoms with van der Waals surface area (Å²) in [5, 5.41) is 18.4. The summed E-state index contributed by atoms with van der Waals surface area (Å²) in [6, 6.07) is 19.5. The highest BCUT2D eigenvalue weighted by atomic mass is 16.5. The van der Waals surface area contributed by atoms with E-state index in [-0.39, 0.29) is 17.7 Å². The molecule has 0 saturated heterocycles. The Kier molecular flexibility index (Phi) is 5.81. The van der Waals surface area contributed by atoms with Gasteiger partial charge in [0.25, 0.3) is 5.91 Å². The summed E-state index contributed by atoms with van der Waals surface area (Å²) in [4.78, 5) is 15.5. The molecule has 5 rings (SSSR count). The summed E-state index contributed by atoms with van der Waals surface area (Å²) in [5.41, 5.74) is 7.38. The molecule has 0 bridgehead atoms. The van der Waals surface area contributed by atoms with Crippen LogP contribution in [0.3, 0.4) is 0 Å². The van der Waals surface area contributed by atoms with E-state index in [0.29, 0.717) is 30.1 Å².